The molecular weight excluding hydrogens is 336 g/mol. The molecule has 25 heavy (non-hydrogen) atoms. The zero-order valence-electron chi connectivity index (χ0n) is 14.2. The monoisotopic (exact) mass is 356 g/mol. The Morgan fingerprint density at radius 3 is 2.80 bits per heavy atom. The Balaban J connectivity index is 1.88. The minimum Gasteiger partial charge on any atom is -0.326 e. The van der Waals surface area contributed by atoms with Crippen LogP contribution in [-0.2, 0) is 9.59 Å². The van der Waals surface area contributed by atoms with Crippen LogP contribution in [0.15, 0.2) is 35.7 Å². The highest BCUT2D eigenvalue weighted by Crippen LogP contribution is 2.38. The summed E-state index contributed by atoms with van der Waals surface area (Å²) in [6.45, 7) is 3.57. The van der Waals surface area contributed by atoms with E-state index in [1.54, 1.807) is 30.2 Å². The van der Waals surface area contributed by atoms with E-state index in [-0.39, 0.29) is 17.7 Å². The molecule has 0 saturated heterocycles. The van der Waals surface area contributed by atoms with Crippen LogP contribution < -0.4 is 10.6 Å². The molecular formula is C18H20N4O2S. The molecule has 0 bridgehead atoms. The Morgan fingerprint density at radius 1 is 1.36 bits per heavy atom. The molecule has 1 aliphatic heterocycles. The molecule has 0 radical (unpaired) electrons. The van der Waals surface area contributed by atoms with Crippen molar-refractivity contribution >= 4 is 35.0 Å². The summed E-state index contributed by atoms with van der Waals surface area (Å²) in [5, 5.41) is 6.37. The number of carbonyl (C=O) groups is 2. The third-order valence-corrected chi connectivity index (χ3v) is 4.98. The van der Waals surface area contributed by atoms with Crippen LogP contribution in [0.2, 0.25) is 0 Å². The average Bonchev–Trinajstić information content (AvgIpc) is 2.59. The molecule has 0 spiro atoms. The van der Waals surface area contributed by atoms with Gasteiger partial charge in [0.1, 0.15) is 0 Å². The zero-order valence-corrected chi connectivity index (χ0v) is 15.0. The van der Waals surface area contributed by atoms with E-state index in [0.717, 1.165) is 34.1 Å². The van der Waals surface area contributed by atoms with Gasteiger partial charge in [0.15, 0.2) is 5.16 Å². The lowest BCUT2D eigenvalue weighted by Crippen LogP contribution is -2.24. The Morgan fingerprint density at radius 2 is 2.12 bits per heavy atom. The van der Waals surface area contributed by atoms with Gasteiger partial charge in [-0.05, 0) is 29.7 Å². The zero-order chi connectivity index (χ0) is 17.8. The van der Waals surface area contributed by atoms with Crippen LogP contribution in [0.25, 0.3) is 0 Å². The molecule has 3 rings (SSSR count). The van der Waals surface area contributed by atoms with E-state index in [1.807, 2.05) is 12.1 Å². The minimum absolute atomic E-state index is 0.0538. The summed E-state index contributed by atoms with van der Waals surface area (Å²) in [4.78, 5) is 32.1. The third kappa shape index (κ3) is 4.17. The van der Waals surface area contributed by atoms with Crippen LogP contribution in [-0.4, -0.2) is 27.5 Å². The van der Waals surface area contributed by atoms with Crippen LogP contribution in [0.3, 0.4) is 0 Å². The number of nitrogens with one attached hydrogen (secondary N) is 2. The molecule has 1 unspecified atom stereocenters. The Hall–Kier alpha value is -2.41. The lowest BCUT2D eigenvalue weighted by Gasteiger charge is -2.26. The molecule has 1 atom stereocenters. The van der Waals surface area contributed by atoms with Gasteiger partial charge in [0.2, 0.25) is 11.8 Å². The van der Waals surface area contributed by atoms with Gasteiger partial charge in [-0.25, -0.2) is 9.97 Å². The van der Waals surface area contributed by atoms with Crippen molar-refractivity contribution in [1.82, 2.24) is 9.97 Å². The van der Waals surface area contributed by atoms with Gasteiger partial charge in [0.05, 0.1) is 0 Å². The smallest absolute Gasteiger partial charge is 0.225 e. The summed E-state index contributed by atoms with van der Waals surface area (Å²) in [7, 11) is 0. The molecule has 130 valence electrons. The highest BCUT2D eigenvalue weighted by molar-refractivity contribution is 7.99. The number of aromatic nitrogens is 2. The molecule has 2 amide bonds. The molecule has 1 aromatic carbocycles. The molecule has 0 saturated carbocycles. The van der Waals surface area contributed by atoms with Crippen molar-refractivity contribution in [2.24, 2.45) is 0 Å². The van der Waals surface area contributed by atoms with Crippen molar-refractivity contribution < 1.29 is 9.59 Å². The van der Waals surface area contributed by atoms with Crippen LogP contribution in [0.4, 0.5) is 11.4 Å². The second-order valence-corrected chi connectivity index (χ2v) is 7.00. The first-order valence-corrected chi connectivity index (χ1v) is 9.21. The van der Waals surface area contributed by atoms with Gasteiger partial charge in [0, 0.05) is 48.8 Å². The van der Waals surface area contributed by atoms with Gasteiger partial charge < -0.3 is 10.6 Å². The van der Waals surface area contributed by atoms with E-state index >= 15 is 0 Å². The lowest BCUT2D eigenvalue weighted by atomic mass is 9.86. The van der Waals surface area contributed by atoms with E-state index in [2.05, 4.69) is 27.5 Å². The largest absolute Gasteiger partial charge is 0.326 e. The maximum Gasteiger partial charge on any atom is 0.225 e. The predicted octanol–water partition coefficient (Wildman–Crippen LogP) is 3.41. The number of nitrogens with zero attached hydrogens (tertiary/aromatic N) is 2. The number of hydrogen-bond acceptors (Lipinski definition) is 5. The second-order valence-electron chi connectivity index (χ2n) is 5.94. The Kier molecular flexibility index (Phi) is 5.33. The fourth-order valence-corrected chi connectivity index (χ4v) is 3.46. The first-order valence-electron chi connectivity index (χ1n) is 8.23. The summed E-state index contributed by atoms with van der Waals surface area (Å²) in [5.74, 6) is 0.703. The standard InChI is InChI=1S/C18H20N4O2S/c1-3-6-25-18-19-9-12(10-20-18)15-8-17(24)22-16-7-13(21-11(2)23)4-5-14(15)16/h4-5,7,9-10,15H,3,6,8H2,1-2H3,(H,21,23)(H,22,24). The van der Waals surface area contributed by atoms with Crippen LogP contribution in [0.5, 0.6) is 0 Å². The number of thioether (sulfide) groups is 1. The van der Waals surface area contributed by atoms with Gasteiger partial charge >= 0.3 is 0 Å². The summed E-state index contributed by atoms with van der Waals surface area (Å²) < 4.78 is 0. The van der Waals surface area contributed by atoms with Crippen molar-refractivity contribution in [3.05, 3.63) is 41.7 Å². The molecule has 1 aromatic heterocycles. The highest BCUT2D eigenvalue weighted by atomic mass is 32.2. The van der Waals surface area contributed by atoms with Crippen molar-refractivity contribution in [1.29, 1.82) is 0 Å². The number of amides is 2. The van der Waals surface area contributed by atoms with Crippen LogP contribution >= 0.6 is 11.8 Å². The first-order chi connectivity index (χ1) is 12.1. The van der Waals surface area contributed by atoms with Gasteiger partial charge in [-0.1, -0.05) is 24.8 Å². The highest BCUT2D eigenvalue weighted by Gasteiger charge is 2.27. The number of anilines is 2. The number of benzene rings is 1. The predicted molar refractivity (Wildman–Crippen MR) is 98.9 cm³/mol. The summed E-state index contributed by atoms with van der Waals surface area (Å²) in [6, 6.07) is 5.56. The topological polar surface area (TPSA) is 84.0 Å². The Bertz CT molecular complexity index is 792. The van der Waals surface area contributed by atoms with Crippen LogP contribution in [0, 0.1) is 0 Å². The van der Waals surface area contributed by atoms with Crippen LogP contribution in [0.1, 0.15) is 43.7 Å². The lowest BCUT2D eigenvalue weighted by molar-refractivity contribution is -0.116. The summed E-state index contributed by atoms with van der Waals surface area (Å²) >= 11 is 1.63. The van der Waals surface area contributed by atoms with E-state index in [4.69, 9.17) is 0 Å². The molecule has 0 aliphatic carbocycles. The van der Waals surface area contributed by atoms with E-state index in [1.165, 1.54) is 6.92 Å². The van der Waals surface area contributed by atoms with E-state index in [0.29, 0.717) is 12.1 Å². The third-order valence-electron chi connectivity index (χ3n) is 3.90. The number of hydrogen-bond donors (Lipinski definition) is 2. The first kappa shape index (κ1) is 17.4. The van der Waals surface area contributed by atoms with E-state index < -0.39 is 0 Å². The summed E-state index contributed by atoms with van der Waals surface area (Å²) in [5.41, 5.74) is 3.31. The maximum atomic E-state index is 12.1. The quantitative estimate of drug-likeness (QED) is 0.633. The fraction of sp³-hybridized carbons (Fsp3) is 0.333. The molecule has 2 aromatic rings. The minimum atomic E-state index is -0.146. The molecule has 2 heterocycles. The number of rotatable bonds is 5. The molecule has 0 fully saturated rings. The van der Waals surface area contributed by atoms with Crippen molar-refractivity contribution in [3.8, 4) is 0 Å². The van der Waals surface area contributed by atoms with Crippen molar-refractivity contribution in [3.63, 3.8) is 0 Å². The van der Waals surface area contributed by atoms with Gasteiger partial charge in [-0.2, -0.15) is 0 Å². The van der Waals surface area contributed by atoms with Gasteiger partial charge in [-0.15, -0.1) is 0 Å². The molecule has 1 aliphatic rings. The van der Waals surface area contributed by atoms with Gasteiger partial charge in [-0.3, -0.25) is 9.59 Å². The molecule has 7 heteroatoms. The normalized spacial score (nSPS) is 16.1. The van der Waals surface area contributed by atoms with Crippen molar-refractivity contribution in [2.75, 3.05) is 16.4 Å². The van der Waals surface area contributed by atoms with Crippen molar-refractivity contribution in [2.45, 2.75) is 37.8 Å². The maximum absolute atomic E-state index is 12.1. The van der Waals surface area contributed by atoms with Gasteiger partial charge in [0.25, 0.3) is 0 Å². The second kappa shape index (κ2) is 7.65. The van der Waals surface area contributed by atoms with E-state index in [9.17, 15) is 9.59 Å². The Labute approximate surface area is 150 Å². The SMILES string of the molecule is CCCSc1ncc(C2CC(=O)Nc3cc(NC(C)=O)ccc32)cn1. The molecule has 6 nitrogen and oxygen atoms in total. The summed E-state index contributed by atoms with van der Waals surface area (Å²) in [6.07, 6.45) is 5.04. The average molecular weight is 356 g/mol. The fourth-order valence-electron chi connectivity index (χ4n) is 2.82. The number of fused-ring (bicyclic) bond motifs is 1. The number of carbonyl (C=O) groups excluding carboxylic acids is 2. The molecule has 2 N–H and O–H groups in total.